The number of para-hydroxylation sites is 1. The first-order valence-electron chi connectivity index (χ1n) is 7.80. The van der Waals surface area contributed by atoms with Gasteiger partial charge >= 0.3 is 0 Å². The van der Waals surface area contributed by atoms with Crippen LogP contribution in [0.5, 0.6) is 5.75 Å². The molecule has 0 saturated heterocycles. The Morgan fingerprint density at radius 3 is 2.89 bits per heavy atom. The molecule has 0 fully saturated rings. The predicted molar refractivity (Wildman–Crippen MR) is 80.9 cm³/mol. The molecule has 2 atom stereocenters. The van der Waals surface area contributed by atoms with Gasteiger partial charge in [-0.15, -0.1) is 0 Å². The summed E-state index contributed by atoms with van der Waals surface area (Å²) in [4.78, 5) is 0. The van der Waals surface area contributed by atoms with E-state index in [0.717, 1.165) is 18.9 Å². The van der Waals surface area contributed by atoms with Gasteiger partial charge in [-0.3, -0.25) is 0 Å². The van der Waals surface area contributed by atoms with Crippen molar-refractivity contribution in [3.05, 3.63) is 29.8 Å². The molecule has 0 radical (unpaired) electrons. The van der Waals surface area contributed by atoms with E-state index in [1.54, 1.807) is 0 Å². The fourth-order valence-electron chi connectivity index (χ4n) is 3.06. The van der Waals surface area contributed by atoms with E-state index in [1.165, 1.54) is 37.7 Å². The van der Waals surface area contributed by atoms with Gasteiger partial charge in [0.05, 0.1) is 6.61 Å². The van der Waals surface area contributed by atoms with Gasteiger partial charge in [-0.2, -0.15) is 0 Å². The number of hydrogen-bond donors (Lipinski definition) is 1. The molecule has 0 aromatic heterocycles. The first kappa shape index (κ1) is 14.4. The average Bonchev–Trinajstić information content (AvgIpc) is 2.83. The third-order valence-corrected chi connectivity index (χ3v) is 4.03. The summed E-state index contributed by atoms with van der Waals surface area (Å²) >= 11 is 0. The minimum Gasteiger partial charge on any atom is -0.493 e. The van der Waals surface area contributed by atoms with Crippen LogP contribution in [0.4, 0.5) is 0 Å². The Hall–Kier alpha value is -1.02. The van der Waals surface area contributed by atoms with Crippen LogP contribution in [0, 0.1) is 0 Å². The van der Waals surface area contributed by atoms with E-state index in [4.69, 9.17) is 4.74 Å². The zero-order valence-electron chi connectivity index (χ0n) is 12.3. The summed E-state index contributed by atoms with van der Waals surface area (Å²) in [7, 11) is 0. The lowest BCUT2D eigenvalue weighted by molar-refractivity contribution is 0.319. The quantitative estimate of drug-likeness (QED) is 0.760. The van der Waals surface area contributed by atoms with E-state index in [1.807, 2.05) is 0 Å². The monoisotopic (exact) mass is 261 g/mol. The third-order valence-electron chi connectivity index (χ3n) is 4.03. The molecule has 19 heavy (non-hydrogen) atoms. The molecule has 1 heterocycles. The molecule has 0 saturated carbocycles. The molecule has 1 N–H and O–H groups in total. The largest absolute Gasteiger partial charge is 0.493 e. The van der Waals surface area contributed by atoms with Gasteiger partial charge in [0.25, 0.3) is 0 Å². The van der Waals surface area contributed by atoms with Crippen LogP contribution in [0.3, 0.4) is 0 Å². The Kier molecular flexibility index (Phi) is 5.71. The van der Waals surface area contributed by atoms with Crippen molar-refractivity contribution in [1.82, 2.24) is 5.32 Å². The third kappa shape index (κ3) is 3.97. The zero-order valence-corrected chi connectivity index (χ0v) is 12.3. The van der Waals surface area contributed by atoms with Gasteiger partial charge < -0.3 is 10.1 Å². The Labute approximate surface area is 117 Å². The van der Waals surface area contributed by atoms with E-state index in [0.29, 0.717) is 12.0 Å². The van der Waals surface area contributed by atoms with Gasteiger partial charge in [0.1, 0.15) is 5.75 Å². The molecular weight excluding hydrogens is 234 g/mol. The summed E-state index contributed by atoms with van der Waals surface area (Å²) in [5, 5.41) is 3.60. The van der Waals surface area contributed by atoms with Crippen LogP contribution in [-0.4, -0.2) is 19.2 Å². The van der Waals surface area contributed by atoms with Crippen molar-refractivity contribution in [1.29, 1.82) is 0 Å². The average molecular weight is 261 g/mol. The lowest BCUT2D eigenvalue weighted by Gasteiger charge is -2.17. The standard InChI is InChI=1S/C17H27NO/c1-3-8-15(18-4-2)10-7-9-14-13-19-17-12-6-5-11-16(14)17/h5-6,11-12,14-15,18H,3-4,7-10,13H2,1-2H3. The highest BCUT2D eigenvalue weighted by Gasteiger charge is 2.23. The Bertz CT molecular complexity index is 371. The predicted octanol–water partition coefficient (Wildman–Crippen LogP) is 4.11. The Balaban J connectivity index is 1.77. The van der Waals surface area contributed by atoms with Crippen molar-refractivity contribution in [2.75, 3.05) is 13.2 Å². The highest BCUT2D eigenvalue weighted by atomic mass is 16.5. The van der Waals surface area contributed by atoms with Crippen LogP contribution in [0.15, 0.2) is 24.3 Å². The fraction of sp³-hybridized carbons (Fsp3) is 0.647. The van der Waals surface area contributed by atoms with Crippen molar-refractivity contribution in [2.45, 2.75) is 57.9 Å². The second kappa shape index (κ2) is 7.54. The molecular formula is C17H27NO. The molecule has 2 unspecified atom stereocenters. The maximum Gasteiger partial charge on any atom is 0.122 e. The molecule has 2 nitrogen and oxygen atoms in total. The molecule has 1 aliphatic rings. The number of hydrogen-bond acceptors (Lipinski definition) is 2. The van der Waals surface area contributed by atoms with Crippen molar-refractivity contribution in [3.63, 3.8) is 0 Å². The summed E-state index contributed by atoms with van der Waals surface area (Å²) in [6, 6.07) is 9.20. The first-order chi connectivity index (χ1) is 9.35. The number of ether oxygens (including phenoxy) is 1. The SMILES string of the molecule is CCCC(CCCC1COc2ccccc21)NCC. The zero-order chi connectivity index (χ0) is 13.5. The van der Waals surface area contributed by atoms with Crippen molar-refractivity contribution >= 4 is 0 Å². The highest BCUT2D eigenvalue weighted by molar-refractivity contribution is 5.39. The number of rotatable bonds is 8. The minimum absolute atomic E-state index is 0.611. The molecule has 1 aromatic carbocycles. The van der Waals surface area contributed by atoms with Gasteiger partial charge in [0, 0.05) is 17.5 Å². The van der Waals surface area contributed by atoms with E-state index >= 15 is 0 Å². The van der Waals surface area contributed by atoms with Crippen molar-refractivity contribution in [2.24, 2.45) is 0 Å². The van der Waals surface area contributed by atoms with Crippen molar-refractivity contribution < 1.29 is 4.74 Å². The number of fused-ring (bicyclic) bond motifs is 1. The van der Waals surface area contributed by atoms with E-state index < -0.39 is 0 Å². The highest BCUT2D eigenvalue weighted by Crippen LogP contribution is 2.36. The maximum atomic E-state index is 5.75. The van der Waals surface area contributed by atoms with Crippen molar-refractivity contribution in [3.8, 4) is 5.75 Å². The molecule has 0 amide bonds. The normalized spacial score (nSPS) is 18.9. The second-order valence-corrected chi connectivity index (χ2v) is 5.52. The lowest BCUT2D eigenvalue weighted by Crippen LogP contribution is -2.28. The summed E-state index contributed by atoms with van der Waals surface area (Å²) in [5.41, 5.74) is 1.41. The molecule has 0 spiro atoms. The molecule has 0 aliphatic carbocycles. The van der Waals surface area contributed by atoms with Gasteiger partial charge in [-0.25, -0.2) is 0 Å². The van der Waals surface area contributed by atoms with Crippen LogP contribution in [0.25, 0.3) is 0 Å². The summed E-state index contributed by atoms with van der Waals surface area (Å²) < 4.78 is 5.75. The summed E-state index contributed by atoms with van der Waals surface area (Å²) in [6.45, 7) is 6.42. The maximum absolute atomic E-state index is 5.75. The second-order valence-electron chi connectivity index (χ2n) is 5.52. The fourth-order valence-corrected chi connectivity index (χ4v) is 3.06. The van der Waals surface area contributed by atoms with E-state index in [9.17, 15) is 0 Å². The van der Waals surface area contributed by atoms with Gasteiger partial charge in [0.15, 0.2) is 0 Å². The minimum atomic E-state index is 0.611. The van der Waals surface area contributed by atoms with E-state index in [-0.39, 0.29) is 0 Å². The lowest BCUT2D eigenvalue weighted by atomic mass is 9.93. The molecule has 2 rings (SSSR count). The van der Waals surface area contributed by atoms with Gasteiger partial charge in [0.2, 0.25) is 0 Å². The molecule has 2 heteroatoms. The molecule has 106 valence electrons. The first-order valence-corrected chi connectivity index (χ1v) is 7.80. The van der Waals surface area contributed by atoms with E-state index in [2.05, 4.69) is 43.4 Å². The van der Waals surface area contributed by atoms with Crippen LogP contribution in [0.2, 0.25) is 0 Å². The van der Waals surface area contributed by atoms with Crippen LogP contribution >= 0.6 is 0 Å². The number of benzene rings is 1. The summed E-state index contributed by atoms with van der Waals surface area (Å²) in [5.74, 6) is 1.71. The van der Waals surface area contributed by atoms with Crippen LogP contribution in [-0.2, 0) is 0 Å². The Morgan fingerprint density at radius 2 is 2.11 bits per heavy atom. The molecule has 1 aromatic rings. The molecule has 1 aliphatic heterocycles. The molecule has 0 bridgehead atoms. The van der Waals surface area contributed by atoms with Gasteiger partial charge in [-0.05, 0) is 31.9 Å². The number of nitrogens with one attached hydrogen (secondary N) is 1. The van der Waals surface area contributed by atoms with Crippen LogP contribution in [0.1, 0.15) is 57.4 Å². The topological polar surface area (TPSA) is 21.3 Å². The van der Waals surface area contributed by atoms with Gasteiger partial charge in [-0.1, -0.05) is 44.9 Å². The smallest absolute Gasteiger partial charge is 0.122 e. The Morgan fingerprint density at radius 1 is 1.26 bits per heavy atom. The summed E-state index contributed by atoms with van der Waals surface area (Å²) in [6.07, 6.45) is 6.40. The van der Waals surface area contributed by atoms with Crippen LogP contribution < -0.4 is 10.1 Å².